The van der Waals surface area contributed by atoms with Gasteiger partial charge in [0.2, 0.25) is 0 Å². The summed E-state index contributed by atoms with van der Waals surface area (Å²) in [5, 5.41) is 7.60. The van der Waals surface area contributed by atoms with Gasteiger partial charge in [0, 0.05) is 44.7 Å². The smallest absolute Gasteiger partial charge is 0.194 e. The van der Waals surface area contributed by atoms with Gasteiger partial charge < -0.3 is 15.0 Å². The zero-order chi connectivity index (χ0) is 20.9. The Morgan fingerprint density at radius 1 is 1.34 bits per heavy atom. The number of aryl methyl sites for hydroxylation is 1. The molecule has 0 amide bonds. The number of morpholine rings is 1. The number of aromatic nitrogens is 2. The third-order valence-electron chi connectivity index (χ3n) is 4.81. The number of hydrogen-bond donors (Lipinski definition) is 1. The van der Waals surface area contributed by atoms with E-state index in [0.717, 1.165) is 43.1 Å². The summed E-state index contributed by atoms with van der Waals surface area (Å²) >= 11 is 0. The maximum Gasteiger partial charge on any atom is 0.194 e. The molecule has 1 fully saturated rings. The molecule has 0 saturated carbocycles. The van der Waals surface area contributed by atoms with E-state index in [9.17, 15) is 8.42 Å². The van der Waals surface area contributed by atoms with Crippen LogP contribution in [0.3, 0.4) is 0 Å². The van der Waals surface area contributed by atoms with Crippen LogP contribution in [0.2, 0.25) is 0 Å². The Balaban J connectivity index is 1.63. The SMILES string of the molecule is CCNC(=NCCc1ccc(S(C)(=O)=O)cc1)N1CCOC(c2cnn(C)c2)C1. The van der Waals surface area contributed by atoms with Crippen LogP contribution in [0.15, 0.2) is 46.5 Å². The monoisotopic (exact) mass is 419 g/mol. The van der Waals surface area contributed by atoms with Crippen molar-refractivity contribution >= 4 is 15.8 Å². The van der Waals surface area contributed by atoms with Gasteiger partial charge in [0.05, 0.1) is 24.2 Å². The number of nitrogens with one attached hydrogen (secondary N) is 1. The molecule has 29 heavy (non-hydrogen) atoms. The van der Waals surface area contributed by atoms with Gasteiger partial charge in [0.15, 0.2) is 15.8 Å². The Kier molecular flexibility index (Phi) is 6.92. The molecule has 8 nitrogen and oxygen atoms in total. The Morgan fingerprint density at radius 3 is 2.72 bits per heavy atom. The minimum Gasteiger partial charge on any atom is -0.370 e. The van der Waals surface area contributed by atoms with Crippen LogP contribution >= 0.6 is 0 Å². The van der Waals surface area contributed by atoms with Crippen LogP contribution in [0.4, 0.5) is 0 Å². The van der Waals surface area contributed by atoms with Crippen LogP contribution in [-0.2, 0) is 28.0 Å². The van der Waals surface area contributed by atoms with E-state index in [-0.39, 0.29) is 6.10 Å². The molecule has 2 heterocycles. The van der Waals surface area contributed by atoms with Crippen molar-refractivity contribution in [2.45, 2.75) is 24.3 Å². The number of guanidine groups is 1. The first-order valence-electron chi connectivity index (χ1n) is 9.79. The largest absolute Gasteiger partial charge is 0.370 e. The van der Waals surface area contributed by atoms with Crippen LogP contribution in [0.5, 0.6) is 0 Å². The second-order valence-corrected chi connectivity index (χ2v) is 9.17. The van der Waals surface area contributed by atoms with Crippen molar-refractivity contribution in [3.63, 3.8) is 0 Å². The number of hydrogen-bond acceptors (Lipinski definition) is 5. The molecule has 1 unspecified atom stereocenters. The van der Waals surface area contributed by atoms with Crippen LogP contribution in [0.25, 0.3) is 0 Å². The van der Waals surface area contributed by atoms with Crippen molar-refractivity contribution in [2.24, 2.45) is 12.0 Å². The molecule has 2 aromatic rings. The summed E-state index contributed by atoms with van der Waals surface area (Å²) in [6.07, 6.45) is 5.77. The van der Waals surface area contributed by atoms with Crippen molar-refractivity contribution in [2.75, 3.05) is 39.0 Å². The van der Waals surface area contributed by atoms with Crippen LogP contribution < -0.4 is 5.32 Å². The predicted octanol–water partition coefficient (Wildman–Crippen LogP) is 1.41. The van der Waals surface area contributed by atoms with Gasteiger partial charge in [-0.1, -0.05) is 12.1 Å². The second-order valence-electron chi connectivity index (χ2n) is 7.15. The first-order chi connectivity index (χ1) is 13.9. The Bertz CT molecular complexity index is 937. The maximum absolute atomic E-state index is 11.6. The topological polar surface area (TPSA) is 88.8 Å². The molecule has 0 bridgehead atoms. The Hall–Kier alpha value is -2.39. The normalized spacial score (nSPS) is 18.1. The zero-order valence-electron chi connectivity index (χ0n) is 17.2. The van der Waals surface area contributed by atoms with Crippen LogP contribution in [0, 0.1) is 0 Å². The van der Waals surface area contributed by atoms with E-state index in [2.05, 4.69) is 22.2 Å². The standard InChI is InChI=1S/C20H29N5O3S/c1-4-21-20(22-10-9-16-5-7-18(8-6-16)29(3,26)27)25-11-12-28-19(15-25)17-13-23-24(2)14-17/h5-8,13-14,19H,4,9-12,15H2,1-3H3,(H,21,22). The van der Waals surface area contributed by atoms with E-state index in [0.29, 0.717) is 18.0 Å². The molecule has 1 N–H and O–H groups in total. The summed E-state index contributed by atoms with van der Waals surface area (Å²) in [6.45, 7) is 5.61. The lowest BCUT2D eigenvalue weighted by molar-refractivity contribution is -0.00803. The van der Waals surface area contributed by atoms with Crippen molar-refractivity contribution in [1.29, 1.82) is 0 Å². The third kappa shape index (κ3) is 5.80. The lowest BCUT2D eigenvalue weighted by Gasteiger charge is -2.34. The van der Waals surface area contributed by atoms with E-state index in [1.807, 2.05) is 31.6 Å². The molecule has 9 heteroatoms. The third-order valence-corrected chi connectivity index (χ3v) is 5.94. The van der Waals surface area contributed by atoms with E-state index in [1.165, 1.54) is 6.26 Å². The maximum atomic E-state index is 11.6. The fourth-order valence-corrected chi connectivity index (χ4v) is 3.90. The van der Waals surface area contributed by atoms with Gasteiger partial charge in [0.1, 0.15) is 6.10 Å². The van der Waals surface area contributed by atoms with Crippen LogP contribution in [0.1, 0.15) is 24.2 Å². The highest BCUT2D eigenvalue weighted by Crippen LogP contribution is 2.21. The lowest BCUT2D eigenvalue weighted by Crippen LogP contribution is -2.48. The van der Waals surface area contributed by atoms with Crippen molar-refractivity contribution in [1.82, 2.24) is 20.0 Å². The summed E-state index contributed by atoms with van der Waals surface area (Å²) in [4.78, 5) is 7.33. The number of sulfone groups is 1. The average molecular weight is 420 g/mol. The molecular weight excluding hydrogens is 390 g/mol. The lowest BCUT2D eigenvalue weighted by atomic mass is 10.1. The van der Waals surface area contributed by atoms with Crippen molar-refractivity contribution in [3.05, 3.63) is 47.8 Å². The molecule has 1 aromatic heterocycles. The summed E-state index contributed by atoms with van der Waals surface area (Å²) in [5.41, 5.74) is 2.13. The van der Waals surface area contributed by atoms with Gasteiger partial charge in [-0.15, -0.1) is 0 Å². The van der Waals surface area contributed by atoms with E-state index < -0.39 is 9.84 Å². The second kappa shape index (κ2) is 9.41. The summed E-state index contributed by atoms with van der Waals surface area (Å²) in [5.74, 6) is 0.873. The molecule has 1 aliphatic heterocycles. The summed E-state index contributed by atoms with van der Waals surface area (Å²) in [7, 11) is -1.26. The molecule has 0 spiro atoms. The highest BCUT2D eigenvalue weighted by molar-refractivity contribution is 7.90. The molecule has 0 aliphatic carbocycles. The quantitative estimate of drug-likeness (QED) is 0.563. The molecule has 3 rings (SSSR count). The zero-order valence-corrected chi connectivity index (χ0v) is 18.0. The fraction of sp³-hybridized carbons (Fsp3) is 0.500. The van der Waals surface area contributed by atoms with Gasteiger partial charge >= 0.3 is 0 Å². The summed E-state index contributed by atoms with van der Waals surface area (Å²) in [6, 6.07) is 7.01. The van der Waals surface area contributed by atoms with Gasteiger partial charge in [-0.05, 0) is 31.0 Å². The van der Waals surface area contributed by atoms with Gasteiger partial charge in [0.25, 0.3) is 0 Å². The molecule has 1 aliphatic rings. The molecule has 158 valence electrons. The first-order valence-corrected chi connectivity index (χ1v) is 11.7. The average Bonchev–Trinajstić information content (AvgIpc) is 3.13. The minimum atomic E-state index is -3.16. The van der Waals surface area contributed by atoms with Gasteiger partial charge in [-0.25, -0.2) is 8.42 Å². The van der Waals surface area contributed by atoms with Gasteiger partial charge in [-0.3, -0.25) is 9.67 Å². The van der Waals surface area contributed by atoms with Crippen molar-refractivity contribution in [3.8, 4) is 0 Å². The van der Waals surface area contributed by atoms with Crippen molar-refractivity contribution < 1.29 is 13.2 Å². The van der Waals surface area contributed by atoms with E-state index >= 15 is 0 Å². The van der Waals surface area contributed by atoms with E-state index in [4.69, 9.17) is 9.73 Å². The number of benzene rings is 1. The fourth-order valence-electron chi connectivity index (χ4n) is 3.27. The minimum absolute atomic E-state index is 0.0233. The Morgan fingerprint density at radius 2 is 2.10 bits per heavy atom. The Labute approximate surface area is 172 Å². The van der Waals surface area contributed by atoms with Crippen LogP contribution in [-0.4, -0.2) is 68.1 Å². The molecule has 1 saturated heterocycles. The number of ether oxygens (including phenoxy) is 1. The molecule has 1 atom stereocenters. The first kappa shape index (κ1) is 21.3. The van der Waals surface area contributed by atoms with Gasteiger partial charge in [-0.2, -0.15) is 5.10 Å². The molecular formula is C20H29N5O3S. The molecule has 1 aromatic carbocycles. The number of rotatable bonds is 6. The highest BCUT2D eigenvalue weighted by atomic mass is 32.2. The van der Waals surface area contributed by atoms with E-state index in [1.54, 1.807) is 16.8 Å². The summed E-state index contributed by atoms with van der Waals surface area (Å²) < 4.78 is 30.9. The molecule has 0 radical (unpaired) electrons. The number of aliphatic imine (C=N–C) groups is 1. The predicted molar refractivity (Wildman–Crippen MR) is 113 cm³/mol. The number of nitrogens with zero attached hydrogens (tertiary/aromatic N) is 4. The highest BCUT2D eigenvalue weighted by Gasteiger charge is 2.25.